The van der Waals surface area contributed by atoms with Crippen molar-refractivity contribution in [3.05, 3.63) is 54.0 Å². The van der Waals surface area contributed by atoms with E-state index in [1.165, 1.54) is 5.01 Å². The van der Waals surface area contributed by atoms with Crippen LogP contribution in [-0.4, -0.2) is 23.7 Å². The molecule has 0 saturated heterocycles. The van der Waals surface area contributed by atoms with Crippen molar-refractivity contribution in [2.45, 2.75) is 38.3 Å². The molecule has 2 aliphatic rings. The molecular weight excluding hydrogens is 332 g/mol. The predicted molar refractivity (Wildman–Crippen MR) is 96.5 cm³/mol. The summed E-state index contributed by atoms with van der Waals surface area (Å²) in [6.07, 6.45) is 4.35. The Hall–Kier alpha value is -3.09. The number of carbonyl (C=O) groups is 2. The second-order valence-corrected chi connectivity index (χ2v) is 6.49. The van der Waals surface area contributed by atoms with Crippen LogP contribution in [0.2, 0.25) is 0 Å². The number of amides is 2. The van der Waals surface area contributed by atoms with E-state index in [2.05, 4.69) is 15.7 Å². The van der Waals surface area contributed by atoms with Crippen molar-refractivity contribution in [1.82, 2.24) is 10.7 Å². The van der Waals surface area contributed by atoms with Gasteiger partial charge in [0.15, 0.2) is 0 Å². The van der Waals surface area contributed by atoms with Crippen LogP contribution in [0.1, 0.15) is 37.1 Å². The van der Waals surface area contributed by atoms with Gasteiger partial charge in [-0.3, -0.25) is 15.0 Å². The number of furan rings is 1. The van der Waals surface area contributed by atoms with Crippen molar-refractivity contribution in [2.75, 3.05) is 5.01 Å². The molecule has 2 amide bonds. The van der Waals surface area contributed by atoms with Crippen LogP contribution in [-0.2, 0) is 16.0 Å². The fraction of sp³-hybridized carbons (Fsp3) is 0.316. The third-order valence-corrected chi connectivity index (χ3v) is 4.70. The van der Waals surface area contributed by atoms with Crippen LogP contribution in [0, 0.1) is 0 Å². The number of hydrazine groups is 1. The van der Waals surface area contributed by atoms with Crippen LogP contribution in [0.25, 0.3) is 0 Å². The summed E-state index contributed by atoms with van der Waals surface area (Å²) < 4.78 is 5.47. The van der Waals surface area contributed by atoms with E-state index in [9.17, 15) is 9.59 Å². The van der Waals surface area contributed by atoms with E-state index in [4.69, 9.17) is 4.42 Å². The number of anilines is 1. The van der Waals surface area contributed by atoms with Crippen LogP contribution < -0.4 is 15.8 Å². The molecule has 0 saturated carbocycles. The summed E-state index contributed by atoms with van der Waals surface area (Å²) in [5.41, 5.74) is 4.54. The highest BCUT2D eigenvalue weighted by Gasteiger charge is 2.32. The molecule has 134 valence electrons. The lowest BCUT2D eigenvalue weighted by atomic mass is 9.93. The number of rotatable bonds is 3. The Bertz CT molecular complexity index is 859. The molecule has 0 spiro atoms. The molecular formula is C19H20N4O3. The predicted octanol–water partition coefficient (Wildman–Crippen LogP) is 2.11. The van der Waals surface area contributed by atoms with Gasteiger partial charge in [0.2, 0.25) is 5.84 Å². The number of nitrogens with zero attached hydrogens (tertiary/aromatic N) is 2. The lowest BCUT2D eigenvalue weighted by molar-refractivity contribution is -0.120. The largest absolute Gasteiger partial charge is 0.469 e. The Morgan fingerprint density at radius 1 is 1.31 bits per heavy atom. The van der Waals surface area contributed by atoms with Gasteiger partial charge < -0.3 is 9.73 Å². The van der Waals surface area contributed by atoms with Crippen molar-refractivity contribution in [1.29, 1.82) is 0 Å². The van der Waals surface area contributed by atoms with Crippen LogP contribution in [0.4, 0.5) is 5.69 Å². The van der Waals surface area contributed by atoms with Gasteiger partial charge in [-0.2, -0.15) is 0 Å². The smallest absolute Gasteiger partial charge is 0.288 e. The minimum absolute atomic E-state index is 0.104. The molecule has 0 bridgehead atoms. The summed E-state index contributed by atoms with van der Waals surface area (Å²) in [5.74, 6) is 0.526. The van der Waals surface area contributed by atoms with Gasteiger partial charge in [0.05, 0.1) is 18.0 Å². The average molecular weight is 352 g/mol. The molecule has 2 unspecified atom stereocenters. The van der Waals surface area contributed by atoms with E-state index >= 15 is 0 Å². The molecule has 26 heavy (non-hydrogen) atoms. The van der Waals surface area contributed by atoms with Crippen molar-refractivity contribution in [3.63, 3.8) is 0 Å². The second kappa shape index (κ2) is 6.67. The first-order chi connectivity index (χ1) is 12.6. The first-order valence-corrected chi connectivity index (χ1v) is 8.74. The van der Waals surface area contributed by atoms with Gasteiger partial charge in [-0.25, -0.2) is 10.0 Å². The molecule has 1 aliphatic carbocycles. The number of fused-ring (bicyclic) bond motifs is 1. The number of hydrogen-bond donors (Lipinski definition) is 2. The lowest BCUT2D eigenvalue weighted by Crippen LogP contribution is -2.58. The normalized spacial score (nSPS) is 22.3. The third kappa shape index (κ3) is 2.96. The van der Waals surface area contributed by atoms with Gasteiger partial charge in [-0.1, -0.05) is 18.2 Å². The SMILES string of the molecule is CC1N=C(C(=O)NC2CCCc3occc32)NN(c2ccccc2)C1=O. The van der Waals surface area contributed by atoms with Crippen molar-refractivity contribution >= 4 is 23.3 Å². The molecule has 2 atom stereocenters. The van der Waals surface area contributed by atoms with Gasteiger partial charge in [0.25, 0.3) is 11.8 Å². The van der Waals surface area contributed by atoms with E-state index in [1.807, 2.05) is 24.3 Å². The number of hydrogen-bond acceptors (Lipinski definition) is 5. The zero-order chi connectivity index (χ0) is 18.1. The van der Waals surface area contributed by atoms with Gasteiger partial charge in [0.1, 0.15) is 11.8 Å². The summed E-state index contributed by atoms with van der Waals surface area (Å²) >= 11 is 0. The molecule has 2 aromatic rings. The van der Waals surface area contributed by atoms with Crippen LogP contribution in [0.5, 0.6) is 0 Å². The quantitative estimate of drug-likeness (QED) is 0.886. The lowest BCUT2D eigenvalue weighted by Gasteiger charge is -2.31. The molecule has 0 radical (unpaired) electrons. The molecule has 2 N–H and O–H groups in total. The molecule has 7 heteroatoms. The summed E-state index contributed by atoms with van der Waals surface area (Å²) in [6.45, 7) is 1.68. The summed E-state index contributed by atoms with van der Waals surface area (Å²) in [4.78, 5) is 29.4. The number of amidine groups is 1. The van der Waals surface area contributed by atoms with E-state index < -0.39 is 6.04 Å². The highest BCUT2D eigenvalue weighted by Crippen LogP contribution is 2.30. The zero-order valence-electron chi connectivity index (χ0n) is 14.4. The Morgan fingerprint density at radius 3 is 2.92 bits per heavy atom. The standard InChI is InChI=1S/C19H20N4O3/c1-12-19(25)23(13-6-3-2-4-7-13)22-17(20-12)18(24)21-15-8-5-9-16-14(15)10-11-26-16/h2-4,6-7,10-12,15H,5,8-9H2,1H3,(H,20,22)(H,21,24). The number of para-hydroxylation sites is 1. The van der Waals surface area contributed by atoms with Gasteiger partial charge >= 0.3 is 0 Å². The Morgan fingerprint density at radius 2 is 2.12 bits per heavy atom. The van der Waals surface area contributed by atoms with Crippen LogP contribution >= 0.6 is 0 Å². The summed E-state index contributed by atoms with van der Waals surface area (Å²) in [7, 11) is 0. The van der Waals surface area contributed by atoms with Crippen LogP contribution in [0.3, 0.4) is 0 Å². The molecule has 1 aromatic carbocycles. The maximum atomic E-state index is 12.8. The Labute approximate surface area is 151 Å². The number of nitrogens with one attached hydrogen (secondary N) is 2. The molecule has 2 heterocycles. The zero-order valence-corrected chi connectivity index (χ0v) is 14.4. The summed E-state index contributed by atoms with van der Waals surface area (Å²) in [5, 5.41) is 4.38. The molecule has 0 fully saturated rings. The number of benzene rings is 1. The highest BCUT2D eigenvalue weighted by atomic mass is 16.3. The number of aryl methyl sites for hydroxylation is 1. The minimum Gasteiger partial charge on any atom is -0.469 e. The Kier molecular flexibility index (Phi) is 4.20. The van der Waals surface area contributed by atoms with Crippen LogP contribution in [0.15, 0.2) is 52.1 Å². The average Bonchev–Trinajstić information content (AvgIpc) is 3.14. The van der Waals surface area contributed by atoms with Crippen molar-refractivity contribution in [3.8, 4) is 0 Å². The number of carbonyl (C=O) groups excluding carboxylic acids is 2. The van der Waals surface area contributed by atoms with Gasteiger partial charge in [-0.05, 0) is 38.0 Å². The maximum Gasteiger partial charge on any atom is 0.288 e. The Balaban J connectivity index is 1.53. The second-order valence-electron chi connectivity index (χ2n) is 6.49. The molecule has 4 rings (SSSR count). The monoisotopic (exact) mass is 352 g/mol. The van der Waals surface area contributed by atoms with E-state index in [1.54, 1.807) is 25.3 Å². The van der Waals surface area contributed by atoms with E-state index in [0.717, 1.165) is 30.6 Å². The maximum absolute atomic E-state index is 12.8. The molecule has 1 aromatic heterocycles. The van der Waals surface area contributed by atoms with E-state index in [-0.39, 0.29) is 23.7 Å². The third-order valence-electron chi connectivity index (χ3n) is 4.70. The van der Waals surface area contributed by atoms with Gasteiger partial charge in [-0.15, -0.1) is 0 Å². The fourth-order valence-electron chi connectivity index (χ4n) is 3.37. The van der Waals surface area contributed by atoms with Gasteiger partial charge in [0, 0.05) is 12.0 Å². The van der Waals surface area contributed by atoms with Crippen molar-refractivity contribution in [2.24, 2.45) is 4.99 Å². The van der Waals surface area contributed by atoms with Crippen molar-refractivity contribution < 1.29 is 14.0 Å². The minimum atomic E-state index is -0.631. The summed E-state index contributed by atoms with van der Waals surface area (Å²) in [6, 6.07) is 10.3. The molecule has 7 nitrogen and oxygen atoms in total. The number of aliphatic imine (C=N–C) groups is 1. The first-order valence-electron chi connectivity index (χ1n) is 8.74. The first kappa shape index (κ1) is 16.4. The van der Waals surface area contributed by atoms with E-state index in [0.29, 0.717) is 5.69 Å². The highest BCUT2D eigenvalue weighted by molar-refractivity contribution is 6.39. The fourth-order valence-corrected chi connectivity index (χ4v) is 3.37. The topological polar surface area (TPSA) is 86.9 Å². The molecule has 1 aliphatic heterocycles.